The van der Waals surface area contributed by atoms with Gasteiger partial charge in [0.25, 0.3) is 0 Å². The molecule has 3 N–H and O–H groups in total. The van der Waals surface area contributed by atoms with Gasteiger partial charge < -0.3 is 11.1 Å². The lowest BCUT2D eigenvalue weighted by Crippen LogP contribution is -2.02. The summed E-state index contributed by atoms with van der Waals surface area (Å²) in [6.45, 7) is 0. The Morgan fingerprint density at radius 3 is 3.00 bits per heavy atom. The molecular formula is C9H9N3O. The molecule has 66 valence electrons. The van der Waals surface area contributed by atoms with Crippen LogP contribution < -0.4 is 5.73 Å². The maximum atomic E-state index is 10.00. The number of allylic oxidation sites excluding steroid dienone is 2. The van der Waals surface area contributed by atoms with E-state index in [2.05, 4.69) is 4.98 Å². The molecule has 0 amide bonds. The molecular weight excluding hydrogens is 166 g/mol. The molecule has 0 bridgehead atoms. The zero-order valence-electron chi connectivity index (χ0n) is 6.90. The van der Waals surface area contributed by atoms with Gasteiger partial charge >= 0.3 is 0 Å². The lowest BCUT2D eigenvalue weighted by atomic mass is 10.1. The van der Waals surface area contributed by atoms with E-state index in [-0.39, 0.29) is 5.71 Å². The quantitative estimate of drug-likeness (QED) is 0.405. The first-order valence-electron chi connectivity index (χ1n) is 3.67. The van der Waals surface area contributed by atoms with Crippen molar-refractivity contribution in [2.75, 3.05) is 5.73 Å². The summed E-state index contributed by atoms with van der Waals surface area (Å²) in [6, 6.07) is 3.37. The second kappa shape index (κ2) is 4.15. The molecule has 1 rings (SSSR count). The fourth-order valence-electron chi connectivity index (χ4n) is 0.871. The third-order valence-electron chi connectivity index (χ3n) is 1.47. The summed E-state index contributed by atoms with van der Waals surface area (Å²) in [5, 5.41) is 7.51. The highest BCUT2D eigenvalue weighted by atomic mass is 16.1. The second-order valence-corrected chi connectivity index (χ2v) is 2.35. The third kappa shape index (κ3) is 2.23. The normalized spacial score (nSPS) is 10.2. The largest absolute Gasteiger partial charge is 0.383 e. The van der Waals surface area contributed by atoms with Gasteiger partial charge in [-0.1, -0.05) is 0 Å². The van der Waals surface area contributed by atoms with E-state index in [4.69, 9.17) is 11.1 Å². The number of hydrogen-bond donors (Lipinski definition) is 2. The summed E-state index contributed by atoms with van der Waals surface area (Å²) in [4.78, 5) is 13.8. The minimum Gasteiger partial charge on any atom is -0.383 e. The van der Waals surface area contributed by atoms with E-state index >= 15 is 0 Å². The van der Waals surface area contributed by atoms with Gasteiger partial charge in [-0.2, -0.15) is 0 Å². The smallest absolute Gasteiger partial charge is 0.142 e. The fourth-order valence-corrected chi connectivity index (χ4v) is 0.871. The molecule has 13 heavy (non-hydrogen) atoms. The number of aldehydes is 1. The molecule has 0 saturated carbocycles. The van der Waals surface area contributed by atoms with Crippen LogP contribution in [0.2, 0.25) is 0 Å². The van der Waals surface area contributed by atoms with Crippen LogP contribution in [0.1, 0.15) is 5.56 Å². The molecule has 0 fully saturated rings. The Bertz CT molecular complexity index is 358. The monoisotopic (exact) mass is 175 g/mol. The summed E-state index contributed by atoms with van der Waals surface area (Å²) in [5.41, 5.74) is 6.23. The van der Waals surface area contributed by atoms with Crippen molar-refractivity contribution < 1.29 is 4.79 Å². The molecule has 0 saturated heterocycles. The molecule has 0 spiro atoms. The Hall–Kier alpha value is -1.97. The van der Waals surface area contributed by atoms with Crippen LogP contribution in [-0.2, 0) is 4.79 Å². The standard InChI is InChI=1S/C9H9N3O/c10-8(4-2-6-13)7-3-1-5-12-9(7)11/h1-6,10H,(H2,11,12)/b4-2+,10-8?. The summed E-state index contributed by atoms with van der Waals surface area (Å²) < 4.78 is 0. The molecule has 0 aliphatic heterocycles. The van der Waals surface area contributed by atoms with Crippen molar-refractivity contribution in [1.82, 2.24) is 4.98 Å². The first kappa shape index (κ1) is 9.12. The van der Waals surface area contributed by atoms with Crippen LogP contribution in [0.15, 0.2) is 30.5 Å². The number of rotatable bonds is 3. The summed E-state index contributed by atoms with van der Waals surface area (Å²) in [7, 11) is 0. The van der Waals surface area contributed by atoms with Crippen LogP contribution in [0.4, 0.5) is 5.82 Å². The Labute approximate surface area is 75.6 Å². The van der Waals surface area contributed by atoms with Crippen molar-refractivity contribution in [2.45, 2.75) is 0 Å². The van der Waals surface area contributed by atoms with E-state index < -0.39 is 0 Å². The van der Waals surface area contributed by atoms with Gasteiger partial charge in [0.2, 0.25) is 0 Å². The summed E-state index contributed by atoms with van der Waals surface area (Å²) in [5.74, 6) is 0.294. The molecule has 4 nitrogen and oxygen atoms in total. The van der Waals surface area contributed by atoms with E-state index in [9.17, 15) is 4.79 Å². The number of nitrogen functional groups attached to an aromatic ring is 1. The predicted molar refractivity (Wildman–Crippen MR) is 50.7 cm³/mol. The van der Waals surface area contributed by atoms with Gasteiger partial charge in [-0.05, 0) is 24.3 Å². The summed E-state index contributed by atoms with van der Waals surface area (Å²) in [6.07, 6.45) is 4.78. The molecule has 1 aromatic rings. The maximum Gasteiger partial charge on any atom is 0.142 e. The number of hydrogen-bond acceptors (Lipinski definition) is 4. The Morgan fingerprint density at radius 1 is 1.62 bits per heavy atom. The van der Waals surface area contributed by atoms with E-state index in [1.54, 1.807) is 18.3 Å². The van der Waals surface area contributed by atoms with Crippen molar-refractivity contribution in [3.63, 3.8) is 0 Å². The number of carbonyl (C=O) groups excluding carboxylic acids is 1. The van der Waals surface area contributed by atoms with Crippen molar-refractivity contribution in [2.24, 2.45) is 0 Å². The molecule has 1 aromatic heterocycles. The lowest BCUT2D eigenvalue weighted by molar-refractivity contribution is -0.104. The average Bonchev–Trinajstić information content (AvgIpc) is 2.15. The number of carbonyl (C=O) groups is 1. The number of pyridine rings is 1. The highest BCUT2D eigenvalue weighted by Crippen LogP contribution is 2.07. The topological polar surface area (TPSA) is 79.8 Å². The minimum atomic E-state index is 0.178. The van der Waals surface area contributed by atoms with Gasteiger partial charge in [0, 0.05) is 11.8 Å². The van der Waals surface area contributed by atoms with Gasteiger partial charge in [-0.15, -0.1) is 0 Å². The van der Waals surface area contributed by atoms with Gasteiger partial charge in [0.15, 0.2) is 0 Å². The minimum absolute atomic E-state index is 0.178. The van der Waals surface area contributed by atoms with Crippen LogP contribution in [0.5, 0.6) is 0 Å². The first-order valence-corrected chi connectivity index (χ1v) is 3.67. The highest BCUT2D eigenvalue weighted by Gasteiger charge is 2.01. The van der Waals surface area contributed by atoms with Crippen molar-refractivity contribution in [3.05, 3.63) is 36.0 Å². The first-order chi connectivity index (χ1) is 6.25. The average molecular weight is 175 g/mol. The van der Waals surface area contributed by atoms with E-state index in [1.807, 2.05) is 0 Å². The van der Waals surface area contributed by atoms with Crippen LogP contribution in [0.3, 0.4) is 0 Å². The number of nitrogens with two attached hydrogens (primary N) is 1. The zero-order chi connectivity index (χ0) is 9.68. The fraction of sp³-hybridized carbons (Fsp3) is 0. The van der Waals surface area contributed by atoms with Crippen molar-refractivity contribution >= 4 is 17.8 Å². The molecule has 1 heterocycles. The Balaban J connectivity index is 2.95. The van der Waals surface area contributed by atoms with Gasteiger partial charge in [0.05, 0.1) is 5.71 Å². The zero-order valence-corrected chi connectivity index (χ0v) is 6.90. The van der Waals surface area contributed by atoms with Gasteiger partial charge in [0.1, 0.15) is 12.1 Å². The van der Waals surface area contributed by atoms with Crippen molar-refractivity contribution in [1.29, 1.82) is 5.41 Å². The molecule has 0 aliphatic rings. The molecule has 0 aliphatic carbocycles. The van der Waals surface area contributed by atoms with Crippen molar-refractivity contribution in [3.8, 4) is 0 Å². The van der Waals surface area contributed by atoms with Crippen LogP contribution in [0.25, 0.3) is 0 Å². The lowest BCUT2D eigenvalue weighted by Gasteiger charge is -2.00. The number of nitrogens with zero attached hydrogens (tertiary/aromatic N) is 1. The van der Waals surface area contributed by atoms with E-state index in [0.717, 1.165) is 0 Å². The molecule has 4 heteroatoms. The van der Waals surface area contributed by atoms with Crippen LogP contribution >= 0.6 is 0 Å². The SMILES string of the molecule is N=C(/C=C/C=O)c1cccnc1N. The predicted octanol–water partition coefficient (Wildman–Crippen LogP) is 0.787. The van der Waals surface area contributed by atoms with Gasteiger partial charge in [-0.3, -0.25) is 4.79 Å². The second-order valence-electron chi connectivity index (χ2n) is 2.35. The maximum absolute atomic E-state index is 10.00. The van der Waals surface area contributed by atoms with E-state index in [1.165, 1.54) is 12.2 Å². The Morgan fingerprint density at radius 2 is 2.38 bits per heavy atom. The molecule has 0 unspecified atom stereocenters. The van der Waals surface area contributed by atoms with Gasteiger partial charge in [-0.25, -0.2) is 4.98 Å². The highest BCUT2D eigenvalue weighted by molar-refractivity contribution is 6.10. The molecule has 0 radical (unpaired) electrons. The Kier molecular flexibility index (Phi) is 2.92. The molecule has 0 atom stereocenters. The third-order valence-corrected chi connectivity index (χ3v) is 1.47. The van der Waals surface area contributed by atoms with Crippen LogP contribution in [0, 0.1) is 5.41 Å². The molecule has 0 aromatic carbocycles. The van der Waals surface area contributed by atoms with E-state index in [0.29, 0.717) is 17.7 Å². The van der Waals surface area contributed by atoms with Crippen LogP contribution in [-0.4, -0.2) is 17.0 Å². The number of aromatic nitrogens is 1. The number of nitrogens with one attached hydrogen (secondary N) is 1. The number of anilines is 1. The summed E-state index contributed by atoms with van der Waals surface area (Å²) >= 11 is 0.